The Bertz CT molecular complexity index is 718. The predicted octanol–water partition coefficient (Wildman–Crippen LogP) is 3.89. The summed E-state index contributed by atoms with van der Waals surface area (Å²) in [5, 5.41) is 0.703. The monoisotopic (exact) mass is 308 g/mol. The smallest absolute Gasteiger partial charge is 0.125 e. The third kappa shape index (κ3) is 2.41. The second kappa shape index (κ2) is 5.46. The SMILES string of the molecule is CC(Cn1ccnc1)n1c(CCl)nc2ccc(Cl)cc21. The topological polar surface area (TPSA) is 35.6 Å². The molecular weight excluding hydrogens is 295 g/mol. The summed E-state index contributed by atoms with van der Waals surface area (Å²) in [6.45, 7) is 2.94. The largest absolute Gasteiger partial charge is 0.335 e. The van der Waals surface area contributed by atoms with Gasteiger partial charge in [-0.2, -0.15) is 0 Å². The van der Waals surface area contributed by atoms with E-state index < -0.39 is 0 Å². The molecule has 6 heteroatoms. The van der Waals surface area contributed by atoms with Crippen molar-refractivity contribution in [2.75, 3.05) is 0 Å². The molecule has 4 nitrogen and oxygen atoms in total. The number of rotatable bonds is 4. The summed E-state index contributed by atoms with van der Waals surface area (Å²) in [5.41, 5.74) is 1.93. The summed E-state index contributed by atoms with van der Waals surface area (Å²) in [5.74, 6) is 1.23. The zero-order valence-corrected chi connectivity index (χ0v) is 12.5. The highest BCUT2D eigenvalue weighted by atomic mass is 35.5. The first-order valence-corrected chi connectivity index (χ1v) is 7.28. The predicted molar refractivity (Wildman–Crippen MR) is 81.2 cm³/mol. The molecule has 0 N–H and O–H groups in total. The van der Waals surface area contributed by atoms with Gasteiger partial charge in [0.25, 0.3) is 0 Å². The average molecular weight is 309 g/mol. The molecule has 104 valence electrons. The second-order valence-corrected chi connectivity index (χ2v) is 5.48. The standard InChI is InChI=1S/C14H14Cl2N4/c1-10(8-19-5-4-17-9-19)20-13-6-11(16)2-3-12(13)18-14(20)7-15/h2-6,9-10H,7-8H2,1H3. The van der Waals surface area contributed by atoms with E-state index in [1.54, 1.807) is 6.20 Å². The van der Waals surface area contributed by atoms with Crippen molar-refractivity contribution in [2.24, 2.45) is 0 Å². The van der Waals surface area contributed by atoms with Crippen LogP contribution in [0.2, 0.25) is 5.02 Å². The minimum absolute atomic E-state index is 0.210. The van der Waals surface area contributed by atoms with Gasteiger partial charge in [0.15, 0.2) is 0 Å². The van der Waals surface area contributed by atoms with E-state index in [0.29, 0.717) is 10.9 Å². The highest BCUT2D eigenvalue weighted by molar-refractivity contribution is 6.31. The van der Waals surface area contributed by atoms with E-state index in [1.807, 2.05) is 35.3 Å². The first-order chi connectivity index (χ1) is 9.69. The van der Waals surface area contributed by atoms with Crippen molar-refractivity contribution in [1.82, 2.24) is 19.1 Å². The molecule has 0 spiro atoms. The Kier molecular flexibility index (Phi) is 3.68. The van der Waals surface area contributed by atoms with Crippen molar-refractivity contribution in [1.29, 1.82) is 0 Å². The lowest BCUT2D eigenvalue weighted by Crippen LogP contribution is -2.14. The molecule has 3 aromatic rings. The Balaban J connectivity index is 2.06. The van der Waals surface area contributed by atoms with Crippen LogP contribution in [0.1, 0.15) is 18.8 Å². The zero-order chi connectivity index (χ0) is 14.1. The van der Waals surface area contributed by atoms with Crippen LogP contribution >= 0.6 is 23.2 Å². The first kappa shape index (κ1) is 13.5. The zero-order valence-electron chi connectivity index (χ0n) is 11.0. The Morgan fingerprint density at radius 1 is 1.35 bits per heavy atom. The van der Waals surface area contributed by atoms with Crippen LogP contribution in [0.25, 0.3) is 11.0 Å². The molecule has 0 radical (unpaired) electrons. The van der Waals surface area contributed by atoms with E-state index >= 15 is 0 Å². The fraction of sp³-hybridized carbons (Fsp3) is 0.286. The van der Waals surface area contributed by atoms with E-state index in [1.165, 1.54) is 0 Å². The summed E-state index contributed by atoms with van der Waals surface area (Å²) in [7, 11) is 0. The molecule has 0 bridgehead atoms. The molecule has 0 saturated carbocycles. The van der Waals surface area contributed by atoms with E-state index in [-0.39, 0.29) is 6.04 Å². The highest BCUT2D eigenvalue weighted by Gasteiger charge is 2.16. The van der Waals surface area contributed by atoms with E-state index in [9.17, 15) is 0 Å². The van der Waals surface area contributed by atoms with Crippen molar-refractivity contribution in [3.8, 4) is 0 Å². The number of nitrogens with zero attached hydrogens (tertiary/aromatic N) is 4. The van der Waals surface area contributed by atoms with Crippen LogP contribution in [0.15, 0.2) is 36.9 Å². The molecule has 0 saturated heterocycles. The quantitative estimate of drug-likeness (QED) is 0.686. The van der Waals surface area contributed by atoms with Crippen LogP contribution in [0.4, 0.5) is 0 Å². The summed E-state index contributed by atoms with van der Waals surface area (Å²) in [6.07, 6.45) is 5.53. The van der Waals surface area contributed by atoms with E-state index in [2.05, 4.69) is 21.5 Å². The van der Waals surface area contributed by atoms with Gasteiger partial charge in [-0.05, 0) is 25.1 Å². The molecular formula is C14H14Cl2N4. The number of alkyl halides is 1. The van der Waals surface area contributed by atoms with Gasteiger partial charge in [-0.15, -0.1) is 11.6 Å². The third-order valence-electron chi connectivity index (χ3n) is 3.32. The van der Waals surface area contributed by atoms with Gasteiger partial charge >= 0.3 is 0 Å². The van der Waals surface area contributed by atoms with Crippen molar-refractivity contribution in [3.63, 3.8) is 0 Å². The van der Waals surface area contributed by atoms with Crippen molar-refractivity contribution in [3.05, 3.63) is 47.8 Å². The van der Waals surface area contributed by atoms with Crippen LogP contribution in [-0.4, -0.2) is 19.1 Å². The lowest BCUT2D eigenvalue weighted by atomic mass is 10.2. The summed E-state index contributed by atoms with van der Waals surface area (Å²) in [6, 6.07) is 5.92. The molecule has 2 heterocycles. The molecule has 0 aliphatic rings. The average Bonchev–Trinajstić information content (AvgIpc) is 3.04. The molecule has 0 amide bonds. The third-order valence-corrected chi connectivity index (χ3v) is 3.79. The molecule has 1 unspecified atom stereocenters. The second-order valence-electron chi connectivity index (χ2n) is 4.77. The number of imidazole rings is 2. The Hall–Kier alpha value is -1.52. The van der Waals surface area contributed by atoms with Gasteiger partial charge in [-0.25, -0.2) is 9.97 Å². The molecule has 1 atom stereocenters. The number of hydrogen-bond acceptors (Lipinski definition) is 2. The van der Waals surface area contributed by atoms with Crippen molar-refractivity contribution < 1.29 is 0 Å². The molecule has 2 aromatic heterocycles. The van der Waals surface area contributed by atoms with Gasteiger partial charge in [0.05, 0.1) is 29.3 Å². The highest BCUT2D eigenvalue weighted by Crippen LogP contribution is 2.26. The van der Waals surface area contributed by atoms with Crippen LogP contribution in [0.3, 0.4) is 0 Å². The van der Waals surface area contributed by atoms with Gasteiger partial charge in [0.1, 0.15) is 5.82 Å². The van der Waals surface area contributed by atoms with Crippen LogP contribution in [0.5, 0.6) is 0 Å². The Morgan fingerprint density at radius 3 is 2.90 bits per heavy atom. The maximum absolute atomic E-state index is 6.10. The van der Waals surface area contributed by atoms with Gasteiger partial charge in [0.2, 0.25) is 0 Å². The van der Waals surface area contributed by atoms with Crippen molar-refractivity contribution >= 4 is 34.2 Å². The number of benzene rings is 1. The first-order valence-electron chi connectivity index (χ1n) is 6.37. The molecule has 0 aliphatic heterocycles. The maximum atomic E-state index is 6.10. The number of hydrogen-bond donors (Lipinski definition) is 0. The molecule has 0 fully saturated rings. The van der Waals surface area contributed by atoms with Gasteiger partial charge in [-0.3, -0.25) is 0 Å². The van der Waals surface area contributed by atoms with Crippen LogP contribution in [-0.2, 0) is 12.4 Å². The Labute approximate surface area is 127 Å². The molecule has 1 aromatic carbocycles. The van der Waals surface area contributed by atoms with Crippen LogP contribution in [0, 0.1) is 0 Å². The molecule has 3 rings (SSSR count). The van der Waals surface area contributed by atoms with Crippen molar-refractivity contribution in [2.45, 2.75) is 25.4 Å². The lowest BCUT2D eigenvalue weighted by molar-refractivity contribution is 0.464. The number of fused-ring (bicyclic) bond motifs is 1. The maximum Gasteiger partial charge on any atom is 0.125 e. The van der Waals surface area contributed by atoms with E-state index in [0.717, 1.165) is 23.4 Å². The molecule has 20 heavy (non-hydrogen) atoms. The summed E-state index contributed by atoms with van der Waals surface area (Å²) in [4.78, 5) is 8.64. The fourth-order valence-electron chi connectivity index (χ4n) is 2.48. The lowest BCUT2D eigenvalue weighted by Gasteiger charge is -2.17. The molecule has 0 aliphatic carbocycles. The normalized spacial score (nSPS) is 12.9. The minimum Gasteiger partial charge on any atom is -0.335 e. The number of aromatic nitrogens is 4. The van der Waals surface area contributed by atoms with Gasteiger partial charge < -0.3 is 9.13 Å². The summed E-state index contributed by atoms with van der Waals surface area (Å²) < 4.78 is 4.19. The minimum atomic E-state index is 0.210. The van der Waals surface area contributed by atoms with E-state index in [4.69, 9.17) is 23.2 Å². The Morgan fingerprint density at radius 2 is 2.20 bits per heavy atom. The fourth-order valence-corrected chi connectivity index (χ4v) is 2.84. The van der Waals surface area contributed by atoms with Gasteiger partial charge in [0, 0.05) is 24.0 Å². The summed E-state index contributed by atoms with van der Waals surface area (Å²) >= 11 is 12.1. The van der Waals surface area contributed by atoms with Crippen LogP contribution < -0.4 is 0 Å². The number of halogens is 2. The van der Waals surface area contributed by atoms with Gasteiger partial charge in [-0.1, -0.05) is 11.6 Å².